The third kappa shape index (κ3) is 3.47. The van der Waals surface area contributed by atoms with E-state index in [1.54, 1.807) is 0 Å². The number of sulfonamides is 1. The van der Waals surface area contributed by atoms with E-state index in [0.29, 0.717) is 12.5 Å². The fourth-order valence-corrected chi connectivity index (χ4v) is 3.62. The van der Waals surface area contributed by atoms with E-state index >= 15 is 0 Å². The van der Waals surface area contributed by atoms with E-state index in [2.05, 4.69) is 4.72 Å². The SMILES string of the molecule is CC(CNS(=O)(=O)c1cc([N+](=O)[O-])ccc1Cl)C1CC1. The predicted octanol–water partition coefficient (Wildman–Crippen LogP) is 2.57. The molecule has 1 atom stereocenters. The van der Waals surface area contributed by atoms with Crippen LogP contribution in [0.4, 0.5) is 5.69 Å². The zero-order valence-corrected chi connectivity index (χ0v) is 12.4. The molecule has 0 aromatic heterocycles. The molecule has 0 radical (unpaired) electrons. The standard InChI is InChI=1S/C12H15ClN2O4S/c1-8(9-2-3-9)7-14-20(18,19)12-6-10(15(16)17)4-5-11(12)13/h4-6,8-9,14H,2-3,7H2,1H3. The van der Waals surface area contributed by atoms with Gasteiger partial charge >= 0.3 is 0 Å². The van der Waals surface area contributed by atoms with E-state index in [-0.39, 0.29) is 21.5 Å². The van der Waals surface area contributed by atoms with Gasteiger partial charge in [-0.05, 0) is 30.7 Å². The Kier molecular flexibility index (Phi) is 4.31. The maximum atomic E-state index is 12.2. The third-order valence-corrected chi connectivity index (χ3v) is 5.34. The Morgan fingerprint density at radius 2 is 2.15 bits per heavy atom. The zero-order chi connectivity index (χ0) is 14.9. The van der Waals surface area contributed by atoms with Gasteiger partial charge in [-0.15, -0.1) is 0 Å². The smallest absolute Gasteiger partial charge is 0.258 e. The first kappa shape index (κ1) is 15.2. The second-order valence-electron chi connectivity index (χ2n) is 5.04. The van der Waals surface area contributed by atoms with Crippen molar-refractivity contribution in [2.45, 2.75) is 24.7 Å². The van der Waals surface area contributed by atoms with Gasteiger partial charge in [0, 0.05) is 18.7 Å². The summed E-state index contributed by atoms with van der Waals surface area (Å²) in [4.78, 5) is 9.80. The Labute approximate surface area is 122 Å². The number of halogens is 1. The molecule has 0 amide bonds. The molecule has 0 aliphatic heterocycles. The Bertz CT molecular complexity index is 628. The molecule has 1 unspecified atom stereocenters. The van der Waals surface area contributed by atoms with Gasteiger partial charge in [0.25, 0.3) is 5.69 Å². The highest BCUT2D eigenvalue weighted by molar-refractivity contribution is 7.89. The molecule has 0 heterocycles. The average molecular weight is 319 g/mol. The Balaban J connectivity index is 2.19. The number of nitrogens with zero attached hydrogens (tertiary/aromatic N) is 1. The van der Waals surface area contributed by atoms with Crippen LogP contribution in [0.25, 0.3) is 0 Å². The molecule has 0 bridgehead atoms. The van der Waals surface area contributed by atoms with Crippen LogP contribution < -0.4 is 4.72 Å². The highest BCUT2D eigenvalue weighted by Gasteiger charge is 2.29. The first-order valence-corrected chi connectivity index (χ1v) is 8.11. The highest BCUT2D eigenvalue weighted by Crippen LogP contribution is 2.36. The van der Waals surface area contributed by atoms with Gasteiger partial charge in [-0.25, -0.2) is 13.1 Å². The van der Waals surface area contributed by atoms with E-state index in [0.717, 1.165) is 18.9 Å². The van der Waals surface area contributed by atoms with E-state index in [1.807, 2.05) is 6.92 Å². The van der Waals surface area contributed by atoms with Crippen molar-refractivity contribution in [2.75, 3.05) is 6.54 Å². The molecule has 1 fully saturated rings. The maximum absolute atomic E-state index is 12.2. The fourth-order valence-electron chi connectivity index (χ4n) is 1.96. The molecule has 2 rings (SSSR count). The van der Waals surface area contributed by atoms with Crippen molar-refractivity contribution in [3.63, 3.8) is 0 Å². The van der Waals surface area contributed by atoms with Gasteiger partial charge in [-0.2, -0.15) is 0 Å². The van der Waals surface area contributed by atoms with Crippen molar-refractivity contribution >= 4 is 27.3 Å². The molecule has 0 spiro atoms. The highest BCUT2D eigenvalue weighted by atomic mass is 35.5. The molecule has 0 saturated heterocycles. The number of hydrogen-bond acceptors (Lipinski definition) is 4. The molecule has 1 aromatic rings. The largest absolute Gasteiger partial charge is 0.270 e. The van der Waals surface area contributed by atoms with Gasteiger partial charge in [-0.1, -0.05) is 18.5 Å². The minimum atomic E-state index is -3.83. The number of nitrogens with one attached hydrogen (secondary N) is 1. The van der Waals surface area contributed by atoms with Crippen molar-refractivity contribution < 1.29 is 13.3 Å². The molecule has 110 valence electrons. The summed E-state index contributed by atoms with van der Waals surface area (Å²) in [5.41, 5.74) is -0.301. The summed E-state index contributed by atoms with van der Waals surface area (Å²) in [6, 6.07) is 3.37. The second kappa shape index (κ2) is 5.67. The van der Waals surface area contributed by atoms with E-state index < -0.39 is 14.9 Å². The van der Waals surface area contributed by atoms with Gasteiger partial charge in [0.15, 0.2) is 0 Å². The van der Waals surface area contributed by atoms with Crippen LogP contribution >= 0.6 is 11.6 Å². The average Bonchev–Trinajstić information content (AvgIpc) is 3.20. The number of rotatable bonds is 6. The maximum Gasteiger partial charge on any atom is 0.270 e. The number of nitro groups is 1. The number of non-ortho nitro benzene ring substituents is 1. The van der Waals surface area contributed by atoms with Gasteiger partial charge in [-0.3, -0.25) is 10.1 Å². The van der Waals surface area contributed by atoms with Crippen LogP contribution in [0.1, 0.15) is 19.8 Å². The lowest BCUT2D eigenvalue weighted by Gasteiger charge is -2.12. The topological polar surface area (TPSA) is 89.3 Å². The van der Waals surface area contributed by atoms with Crippen LogP contribution in [0, 0.1) is 22.0 Å². The number of benzene rings is 1. The van der Waals surface area contributed by atoms with Crippen LogP contribution in [-0.2, 0) is 10.0 Å². The Morgan fingerprint density at radius 3 is 2.70 bits per heavy atom. The predicted molar refractivity (Wildman–Crippen MR) is 75.2 cm³/mol. The summed E-state index contributed by atoms with van der Waals surface area (Å²) in [6.45, 7) is 2.29. The Hall–Kier alpha value is -1.18. The summed E-state index contributed by atoms with van der Waals surface area (Å²) < 4.78 is 26.8. The molecule has 8 heteroatoms. The monoisotopic (exact) mass is 318 g/mol. The third-order valence-electron chi connectivity index (χ3n) is 3.44. The van der Waals surface area contributed by atoms with Gasteiger partial charge in [0.2, 0.25) is 10.0 Å². The lowest BCUT2D eigenvalue weighted by atomic mass is 10.1. The van der Waals surface area contributed by atoms with E-state index in [4.69, 9.17) is 11.6 Å². The molecule has 1 aromatic carbocycles. The normalized spacial score (nSPS) is 16.9. The van der Waals surface area contributed by atoms with Crippen LogP contribution in [0.15, 0.2) is 23.1 Å². The minimum absolute atomic E-state index is 0.0258. The zero-order valence-electron chi connectivity index (χ0n) is 10.9. The van der Waals surface area contributed by atoms with Gasteiger partial charge < -0.3 is 0 Å². The summed E-state index contributed by atoms with van der Waals surface area (Å²) >= 11 is 5.83. The van der Waals surface area contributed by atoms with Crippen molar-refractivity contribution in [2.24, 2.45) is 11.8 Å². The van der Waals surface area contributed by atoms with Crippen LogP contribution in [-0.4, -0.2) is 19.9 Å². The van der Waals surface area contributed by atoms with Crippen molar-refractivity contribution in [3.8, 4) is 0 Å². The summed E-state index contributed by atoms with van der Waals surface area (Å²) in [6.07, 6.45) is 2.25. The molecule has 1 aliphatic carbocycles. The minimum Gasteiger partial charge on any atom is -0.258 e. The van der Waals surface area contributed by atoms with Crippen LogP contribution in [0.2, 0.25) is 5.02 Å². The summed E-state index contributed by atoms with van der Waals surface area (Å²) in [5.74, 6) is 0.820. The quantitative estimate of drug-likeness (QED) is 0.644. The molecule has 20 heavy (non-hydrogen) atoms. The van der Waals surface area contributed by atoms with Crippen molar-refractivity contribution in [1.29, 1.82) is 0 Å². The van der Waals surface area contributed by atoms with Crippen LogP contribution in [0.3, 0.4) is 0 Å². The number of nitro benzene ring substituents is 1. The van der Waals surface area contributed by atoms with Crippen molar-refractivity contribution in [3.05, 3.63) is 33.3 Å². The first-order valence-electron chi connectivity index (χ1n) is 6.25. The first-order chi connectivity index (χ1) is 9.31. The van der Waals surface area contributed by atoms with Crippen molar-refractivity contribution in [1.82, 2.24) is 4.72 Å². The van der Waals surface area contributed by atoms with E-state index in [9.17, 15) is 18.5 Å². The fraction of sp³-hybridized carbons (Fsp3) is 0.500. The molecule has 6 nitrogen and oxygen atoms in total. The summed E-state index contributed by atoms with van der Waals surface area (Å²) in [7, 11) is -3.83. The molecular formula is C12H15ClN2O4S. The second-order valence-corrected chi connectivity index (χ2v) is 7.18. The van der Waals surface area contributed by atoms with Gasteiger partial charge in [0.05, 0.1) is 9.95 Å². The molecule has 1 aliphatic rings. The molecule has 1 N–H and O–H groups in total. The van der Waals surface area contributed by atoms with E-state index in [1.165, 1.54) is 12.1 Å². The summed E-state index contributed by atoms with van der Waals surface area (Å²) in [5, 5.41) is 10.7. The number of hydrogen-bond donors (Lipinski definition) is 1. The molecular weight excluding hydrogens is 304 g/mol. The van der Waals surface area contributed by atoms with Gasteiger partial charge in [0.1, 0.15) is 4.90 Å². The molecule has 1 saturated carbocycles. The lowest BCUT2D eigenvalue weighted by molar-refractivity contribution is -0.385. The van der Waals surface area contributed by atoms with Crippen LogP contribution in [0.5, 0.6) is 0 Å². The lowest BCUT2D eigenvalue weighted by Crippen LogP contribution is -2.29. The Morgan fingerprint density at radius 1 is 1.50 bits per heavy atom.